The Bertz CT molecular complexity index is 978. The van der Waals surface area contributed by atoms with E-state index in [1.807, 2.05) is 30.3 Å². The van der Waals surface area contributed by atoms with E-state index in [0.717, 1.165) is 10.5 Å². The van der Waals surface area contributed by atoms with Crippen LogP contribution in [-0.4, -0.2) is 35.6 Å². The highest BCUT2D eigenvalue weighted by molar-refractivity contribution is 6.10. The van der Waals surface area contributed by atoms with E-state index in [-0.39, 0.29) is 6.79 Å². The Hall–Kier alpha value is -3.55. The maximum atomic E-state index is 13.1. The topological polar surface area (TPSA) is 97.0 Å². The summed E-state index contributed by atoms with van der Waals surface area (Å²) in [5.41, 5.74) is 0.182. The van der Waals surface area contributed by atoms with Crippen molar-refractivity contribution in [3.05, 3.63) is 59.7 Å². The van der Waals surface area contributed by atoms with Gasteiger partial charge in [-0.25, -0.2) is 9.69 Å². The molecule has 2 aromatic rings. The van der Waals surface area contributed by atoms with E-state index in [1.165, 1.54) is 6.92 Å². The minimum absolute atomic E-state index is 0.112. The molecule has 4 rings (SSSR count). The number of nitrogens with one attached hydrogen (secondary N) is 2. The Morgan fingerprint density at radius 2 is 1.90 bits per heavy atom. The number of hydrogen-bond acceptors (Lipinski definition) is 5. The number of nitrogens with zero attached hydrogens (tertiary/aromatic N) is 1. The highest BCUT2D eigenvalue weighted by atomic mass is 16.7. The van der Waals surface area contributed by atoms with E-state index in [0.29, 0.717) is 23.6 Å². The molecule has 2 N–H and O–H groups in total. The van der Waals surface area contributed by atoms with Crippen molar-refractivity contribution in [2.75, 3.05) is 6.79 Å². The summed E-state index contributed by atoms with van der Waals surface area (Å²) in [5, 5.41) is 5.48. The van der Waals surface area contributed by atoms with Gasteiger partial charge in [-0.2, -0.15) is 0 Å². The number of amides is 4. The molecule has 4 amide bonds. The van der Waals surface area contributed by atoms with Crippen LogP contribution in [0, 0.1) is 0 Å². The Morgan fingerprint density at radius 3 is 2.66 bits per heavy atom. The van der Waals surface area contributed by atoms with Crippen molar-refractivity contribution in [3.8, 4) is 11.5 Å². The summed E-state index contributed by atoms with van der Waals surface area (Å²) in [5.74, 6) is 0.188. The highest BCUT2D eigenvalue weighted by Crippen LogP contribution is 2.38. The molecule has 1 fully saturated rings. The molecule has 2 heterocycles. The van der Waals surface area contributed by atoms with Gasteiger partial charge in [0.05, 0.1) is 0 Å². The third kappa shape index (κ3) is 3.26. The molecular weight excluding hydrogens is 374 g/mol. The first kappa shape index (κ1) is 18.8. The first-order valence-corrected chi connectivity index (χ1v) is 9.28. The normalized spacial score (nSPS) is 21.1. The average molecular weight is 395 g/mol. The first-order valence-electron chi connectivity index (χ1n) is 9.28. The zero-order valence-corrected chi connectivity index (χ0v) is 16.1. The lowest BCUT2D eigenvalue weighted by molar-refractivity contribution is -0.137. The predicted octanol–water partition coefficient (Wildman–Crippen LogP) is 1.89. The molecule has 0 aliphatic carbocycles. The Balaban J connectivity index is 1.50. The Morgan fingerprint density at radius 1 is 1.17 bits per heavy atom. The van der Waals surface area contributed by atoms with Gasteiger partial charge >= 0.3 is 6.03 Å². The quantitative estimate of drug-likeness (QED) is 0.754. The standard InChI is InChI=1S/C21H21N3O5/c1-13(18(25)22-11-14-6-4-3-5-7-14)24-19(26)21(2,23-20(24)27)15-8-9-16-17(10-15)29-12-28-16/h3-10,13H,11-12H2,1-2H3,(H,22,25)(H,23,27)/t13-,21-/m0/s1. The van der Waals surface area contributed by atoms with Gasteiger partial charge in [0.25, 0.3) is 5.91 Å². The van der Waals surface area contributed by atoms with Crippen molar-refractivity contribution >= 4 is 17.8 Å². The minimum atomic E-state index is -1.30. The molecule has 0 radical (unpaired) electrons. The van der Waals surface area contributed by atoms with Gasteiger partial charge in [-0.3, -0.25) is 9.59 Å². The first-order chi connectivity index (χ1) is 13.9. The van der Waals surface area contributed by atoms with Crippen LogP contribution in [0.1, 0.15) is 25.0 Å². The monoisotopic (exact) mass is 395 g/mol. The van der Waals surface area contributed by atoms with Crippen LogP contribution in [0.25, 0.3) is 0 Å². The number of fused-ring (bicyclic) bond motifs is 1. The van der Waals surface area contributed by atoms with Crippen molar-refractivity contribution in [2.24, 2.45) is 0 Å². The molecule has 8 nitrogen and oxygen atoms in total. The van der Waals surface area contributed by atoms with Crippen molar-refractivity contribution < 1.29 is 23.9 Å². The van der Waals surface area contributed by atoms with E-state index in [9.17, 15) is 14.4 Å². The highest BCUT2D eigenvalue weighted by Gasteiger charge is 2.52. The number of ether oxygens (including phenoxy) is 2. The number of urea groups is 1. The van der Waals surface area contributed by atoms with Gasteiger partial charge in [0.15, 0.2) is 11.5 Å². The molecule has 150 valence electrons. The van der Waals surface area contributed by atoms with Crippen LogP contribution in [0.4, 0.5) is 4.79 Å². The lowest BCUT2D eigenvalue weighted by atomic mass is 9.91. The van der Waals surface area contributed by atoms with Gasteiger partial charge < -0.3 is 20.1 Å². The lowest BCUT2D eigenvalue weighted by Crippen LogP contribution is -2.49. The van der Waals surface area contributed by atoms with E-state index < -0.39 is 29.4 Å². The van der Waals surface area contributed by atoms with Gasteiger partial charge in [0, 0.05) is 6.54 Å². The Kier molecular flexibility index (Phi) is 4.62. The summed E-state index contributed by atoms with van der Waals surface area (Å²) in [6.45, 7) is 3.57. The third-order valence-electron chi connectivity index (χ3n) is 5.25. The molecule has 1 saturated heterocycles. The number of carbonyl (C=O) groups is 3. The average Bonchev–Trinajstić information content (AvgIpc) is 3.28. The molecular formula is C21H21N3O5. The fourth-order valence-electron chi connectivity index (χ4n) is 3.47. The smallest absolute Gasteiger partial charge is 0.326 e. The number of rotatable bonds is 5. The lowest BCUT2D eigenvalue weighted by Gasteiger charge is -2.24. The van der Waals surface area contributed by atoms with Crippen LogP contribution < -0.4 is 20.1 Å². The second kappa shape index (κ2) is 7.12. The van der Waals surface area contributed by atoms with Gasteiger partial charge in [0.2, 0.25) is 12.7 Å². The number of carbonyl (C=O) groups excluding carboxylic acids is 3. The van der Waals surface area contributed by atoms with Crippen LogP contribution in [0.5, 0.6) is 11.5 Å². The largest absolute Gasteiger partial charge is 0.454 e. The summed E-state index contributed by atoms with van der Waals surface area (Å²) in [6.07, 6.45) is 0. The van der Waals surface area contributed by atoms with Crippen molar-refractivity contribution in [1.29, 1.82) is 0 Å². The van der Waals surface area contributed by atoms with Crippen LogP contribution >= 0.6 is 0 Å². The van der Waals surface area contributed by atoms with Crippen molar-refractivity contribution in [3.63, 3.8) is 0 Å². The van der Waals surface area contributed by atoms with Gasteiger partial charge in [-0.05, 0) is 37.1 Å². The third-order valence-corrected chi connectivity index (χ3v) is 5.25. The second-order valence-corrected chi connectivity index (χ2v) is 7.18. The van der Waals surface area contributed by atoms with Crippen molar-refractivity contribution in [2.45, 2.75) is 32.0 Å². The predicted molar refractivity (Wildman–Crippen MR) is 103 cm³/mol. The van der Waals surface area contributed by atoms with E-state index in [2.05, 4.69) is 10.6 Å². The summed E-state index contributed by atoms with van der Waals surface area (Å²) in [4.78, 5) is 39.3. The zero-order valence-electron chi connectivity index (χ0n) is 16.1. The minimum Gasteiger partial charge on any atom is -0.454 e. The molecule has 2 aliphatic heterocycles. The van der Waals surface area contributed by atoms with Crippen LogP contribution in [0.3, 0.4) is 0 Å². The molecule has 2 aromatic carbocycles. The fraction of sp³-hybridized carbons (Fsp3) is 0.286. The van der Waals surface area contributed by atoms with E-state index >= 15 is 0 Å². The van der Waals surface area contributed by atoms with Crippen molar-refractivity contribution in [1.82, 2.24) is 15.5 Å². The number of benzene rings is 2. The number of hydrogen-bond donors (Lipinski definition) is 2. The molecule has 2 atom stereocenters. The van der Waals surface area contributed by atoms with Crippen LogP contribution in [0.2, 0.25) is 0 Å². The molecule has 0 bridgehead atoms. The molecule has 0 spiro atoms. The maximum Gasteiger partial charge on any atom is 0.326 e. The molecule has 29 heavy (non-hydrogen) atoms. The molecule has 2 aliphatic rings. The maximum absolute atomic E-state index is 13.1. The fourth-order valence-corrected chi connectivity index (χ4v) is 3.47. The summed E-state index contributed by atoms with van der Waals surface area (Å²) in [7, 11) is 0. The van der Waals surface area contributed by atoms with E-state index in [1.54, 1.807) is 25.1 Å². The van der Waals surface area contributed by atoms with Crippen LogP contribution in [0.15, 0.2) is 48.5 Å². The molecule has 0 aromatic heterocycles. The molecule has 0 saturated carbocycles. The zero-order chi connectivity index (χ0) is 20.6. The van der Waals surface area contributed by atoms with Crippen LogP contribution in [-0.2, 0) is 21.7 Å². The van der Waals surface area contributed by atoms with Gasteiger partial charge in [-0.1, -0.05) is 36.4 Å². The van der Waals surface area contributed by atoms with Gasteiger partial charge in [0.1, 0.15) is 11.6 Å². The summed E-state index contributed by atoms with van der Waals surface area (Å²) < 4.78 is 10.7. The van der Waals surface area contributed by atoms with E-state index in [4.69, 9.17) is 9.47 Å². The second-order valence-electron chi connectivity index (χ2n) is 7.18. The number of imide groups is 1. The summed E-state index contributed by atoms with van der Waals surface area (Å²) in [6, 6.07) is 12.9. The van der Waals surface area contributed by atoms with Gasteiger partial charge in [-0.15, -0.1) is 0 Å². The SMILES string of the molecule is C[C@@H](C(=O)NCc1ccccc1)N1C(=O)N[C@@](C)(c2ccc3c(c2)OCO3)C1=O. The molecule has 0 unspecified atom stereocenters. The molecule has 8 heteroatoms. The summed E-state index contributed by atoms with van der Waals surface area (Å²) >= 11 is 0. The Labute approximate surface area is 167 Å².